The minimum absolute atomic E-state index is 0.0265. The molecule has 2 aromatic carbocycles. The predicted molar refractivity (Wildman–Crippen MR) is 124 cm³/mol. The molecule has 1 aliphatic heterocycles. The number of hydrogen-bond donors (Lipinski definition) is 1. The predicted octanol–water partition coefficient (Wildman–Crippen LogP) is 5.06. The number of alkyl halides is 3. The molecule has 2 aromatic rings. The van der Waals surface area contributed by atoms with Crippen LogP contribution in [0, 0.1) is 0 Å². The van der Waals surface area contributed by atoms with E-state index in [-0.39, 0.29) is 36.1 Å². The number of carbonyl (C=O) groups is 3. The van der Waals surface area contributed by atoms with Crippen LogP contribution < -0.4 is 5.32 Å². The fourth-order valence-electron chi connectivity index (χ4n) is 4.70. The van der Waals surface area contributed by atoms with Gasteiger partial charge in [0.05, 0.1) is 12.1 Å². The Labute approximate surface area is 202 Å². The molecule has 0 aromatic heterocycles. The van der Waals surface area contributed by atoms with E-state index in [1.54, 1.807) is 42.5 Å². The summed E-state index contributed by atoms with van der Waals surface area (Å²) in [6.45, 7) is 5.80. The van der Waals surface area contributed by atoms with Crippen LogP contribution in [-0.4, -0.2) is 34.2 Å². The highest BCUT2D eigenvalue weighted by atomic mass is 19.4. The maximum absolute atomic E-state index is 14.8. The molecule has 184 valence electrons. The molecular formula is C27H27F3N2O3. The highest BCUT2D eigenvalue weighted by molar-refractivity contribution is 6.14. The van der Waals surface area contributed by atoms with Crippen molar-refractivity contribution in [2.75, 3.05) is 0 Å². The Kier molecular flexibility index (Phi) is 6.11. The lowest BCUT2D eigenvalue weighted by molar-refractivity contribution is -0.190. The monoisotopic (exact) mass is 484 g/mol. The van der Waals surface area contributed by atoms with Gasteiger partial charge in [-0.2, -0.15) is 13.2 Å². The fourth-order valence-corrected chi connectivity index (χ4v) is 4.70. The Bertz CT molecular complexity index is 1190. The first-order chi connectivity index (χ1) is 16.4. The lowest BCUT2D eigenvalue weighted by atomic mass is 9.81. The molecule has 8 heteroatoms. The number of allylic oxidation sites excluding steroid dienone is 1. The van der Waals surface area contributed by atoms with Crippen molar-refractivity contribution in [3.8, 4) is 0 Å². The Morgan fingerprint density at radius 1 is 0.971 bits per heavy atom. The highest BCUT2D eigenvalue weighted by Gasteiger charge is 2.70. The number of rotatable bonds is 4. The van der Waals surface area contributed by atoms with Gasteiger partial charge >= 0.3 is 6.18 Å². The number of nitrogens with one attached hydrogen (secondary N) is 1. The van der Waals surface area contributed by atoms with Crippen LogP contribution in [0.5, 0.6) is 0 Å². The van der Waals surface area contributed by atoms with Crippen LogP contribution in [0.3, 0.4) is 0 Å². The van der Waals surface area contributed by atoms with Crippen molar-refractivity contribution in [1.29, 1.82) is 0 Å². The molecule has 1 N–H and O–H groups in total. The van der Waals surface area contributed by atoms with Crippen LogP contribution in [0.4, 0.5) is 13.2 Å². The summed E-state index contributed by atoms with van der Waals surface area (Å²) in [5.41, 5.74) is -2.76. The summed E-state index contributed by atoms with van der Waals surface area (Å²) in [5.74, 6) is -3.19. The summed E-state index contributed by atoms with van der Waals surface area (Å²) in [5, 5.41) is 1.97. The highest BCUT2D eigenvalue weighted by Crippen LogP contribution is 2.48. The number of ketones is 1. The molecular weight excluding hydrogens is 457 g/mol. The summed E-state index contributed by atoms with van der Waals surface area (Å²) >= 11 is 0. The van der Waals surface area contributed by atoms with Crippen molar-refractivity contribution in [2.24, 2.45) is 0 Å². The summed E-state index contributed by atoms with van der Waals surface area (Å²) < 4.78 is 44.3. The van der Waals surface area contributed by atoms with Gasteiger partial charge in [-0.15, -0.1) is 0 Å². The SMILES string of the molecule is CC(C)(C)c1ccc(C(=O)N[C@]2(C(F)(F)F)C(=O)N(Cc3ccccc3)C3=C2C(=O)CCC3)cc1. The Hall–Kier alpha value is -3.42. The van der Waals surface area contributed by atoms with E-state index < -0.39 is 34.9 Å². The molecule has 4 rings (SSSR count). The standard InChI is InChI=1S/C27H27F3N2O3/c1-25(2,3)19-14-12-18(13-15-19)23(34)31-26(27(28,29)30)22-20(10-7-11-21(22)33)32(24(26)35)16-17-8-5-4-6-9-17/h4-6,8-9,12-15H,7,10-11,16H2,1-3H3,(H,31,34)/t26-/m0/s1. The fraction of sp³-hybridized carbons (Fsp3) is 0.370. The van der Waals surface area contributed by atoms with Crippen LogP contribution in [-0.2, 0) is 21.5 Å². The zero-order chi connectivity index (χ0) is 25.6. The smallest absolute Gasteiger partial charge is 0.326 e. The van der Waals surface area contributed by atoms with Crippen LogP contribution in [0.15, 0.2) is 65.9 Å². The first kappa shape index (κ1) is 24.7. The number of Topliss-reactive ketones (excluding diaryl/α,β-unsaturated/α-hetero) is 1. The van der Waals surface area contributed by atoms with Crippen molar-refractivity contribution >= 4 is 17.6 Å². The molecule has 2 aliphatic rings. The van der Waals surface area contributed by atoms with Crippen molar-refractivity contribution in [3.63, 3.8) is 0 Å². The number of benzene rings is 2. The first-order valence-corrected chi connectivity index (χ1v) is 11.5. The summed E-state index contributed by atoms with van der Waals surface area (Å²) in [4.78, 5) is 40.5. The normalized spacial score (nSPS) is 20.8. The Morgan fingerprint density at radius 2 is 1.60 bits per heavy atom. The van der Waals surface area contributed by atoms with Gasteiger partial charge in [-0.25, -0.2) is 0 Å². The minimum Gasteiger partial charge on any atom is -0.326 e. The molecule has 1 atom stereocenters. The first-order valence-electron chi connectivity index (χ1n) is 11.5. The Balaban J connectivity index is 1.77. The van der Waals surface area contributed by atoms with Crippen molar-refractivity contribution < 1.29 is 27.6 Å². The zero-order valence-corrected chi connectivity index (χ0v) is 19.8. The third kappa shape index (κ3) is 4.26. The van der Waals surface area contributed by atoms with E-state index in [2.05, 4.69) is 0 Å². The molecule has 0 radical (unpaired) electrons. The second-order valence-electron chi connectivity index (χ2n) is 10.0. The lowest BCUT2D eigenvalue weighted by Gasteiger charge is -2.33. The van der Waals surface area contributed by atoms with Gasteiger partial charge < -0.3 is 10.2 Å². The number of amides is 2. The quantitative estimate of drug-likeness (QED) is 0.660. The van der Waals surface area contributed by atoms with Gasteiger partial charge in [0, 0.05) is 17.7 Å². The third-order valence-electron chi connectivity index (χ3n) is 6.57. The average Bonchev–Trinajstić information content (AvgIpc) is 3.03. The molecule has 0 spiro atoms. The largest absolute Gasteiger partial charge is 0.425 e. The van der Waals surface area contributed by atoms with Crippen molar-refractivity contribution in [3.05, 3.63) is 82.6 Å². The van der Waals surface area contributed by atoms with E-state index in [0.29, 0.717) is 12.0 Å². The van der Waals surface area contributed by atoms with Crippen LogP contribution in [0.2, 0.25) is 0 Å². The van der Waals surface area contributed by atoms with Gasteiger partial charge in [0.15, 0.2) is 5.78 Å². The van der Waals surface area contributed by atoms with E-state index in [0.717, 1.165) is 10.5 Å². The molecule has 0 saturated heterocycles. The molecule has 0 unspecified atom stereocenters. The second kappa shape index (κ2) is 8.66. The van der Waals surface area contributed by atoms with Gasteiger partial charge in [0.1, 0.15) is 0 Å². The maximum Gasteiger partial charge on any atom is 0.425 e. The van der Waals surface area contributed by atoms with Gasteiger partial charge in [-0.1, -0.05) is 63.2 Å². The Morgan fingerprint density at radius 3 is 2.17 bits per heavy atom. The van der Waals surface area contributed by atoms with Gasteiger partial charge in [0.25, 0.3) is 11.8 Å². The molecule has 1 heterocycles. The topological polar surface area (TPSA) is 66.5 Å². The van der Waals surface area contributed by atoms with E-state index in [4.69, 9.17) is 0 Å². The van der Waals surface area contributed by atoms with Gasteiger partial charge in [-0.05, 0) is 41.5 Å². The number of hydrogen-bond acceptors (Lipinski definition) is 3. The zero-order valence-electron chi connectivity index (χ0n) is 19.8. The number of halogens is 3. The maximum atomic E-state index is 14.8. The van der Waals surface area contributed by atoms with Gasteiger partial charge in [-0.3, -0.25) is 14.4 Å². The van der Waals surface area contributed by atoms with Crippen molar-refractivity contribution in [2.45, 2.75) is 63.7 Å². The molecule has 0 saturated carbocycles. The third-order valence-corrected chi connectivity index (χ3v) is 6.57. The molecule has 5 nitrogen and oxygen atoms in total. The molecule has 1 aliphatic carbocycles. The molecule has 35 heavy (non-hydrogen) atoms. The van der Waals surface area contributed by atoms with Crippen molar-refractivity contribution in [1.82, 2.24) is 10.2 Å². The van der Waals surface area contributed by atoms with E-state index in [1.807, 2.05) is 26.1 Å². The molecule has 2 amide bonds. The van der Waals surface area contributed by atoms with Gasteiger partial charge in [0.2, 0.25) is 5.54 Å². The van der Waals surface area contributed by atoms with E-state index >= 15 is 0 Å². The van der Waals surface area contributed by atoms with Crippen LogP contribution >= 0.6 is 0 Å². The van der Waals surface area contributed by atoms with E-state index in [1.165, 1.54) is 12.1 Å². The summed E-state index contributed by atoms with van der Waals surface area (Å²) in [7, 11) is 0. The number of nitrogens with zero attached hydrogens (tertiary/aromatic N) is 1. The second-order valence-corrected chi connectivity index (χ2v) is 10.0. The minimum atomic E-state index is -5.22. The molecule has 0 fully saturated rings. The number of carbonyl (C=O) groups excluding carboxylic acids is 3. The van der Waals surface area contributed by atoms with Crippen LogP contribution in [0.25, 0.3) is 0 Å². The summed E-state index contributed by atoms with van der Waals surface area (Å²) in [6.07, 6.45) is -4.84. The molecule has 0 bridgehead atoms. The summed E-state index contributed by atoms with van der Waals surface area (Å²) in [6, 6.07) is 14.8. The lowest BCUT2D eigenvalue weighted by Crippen LogP contribution is -2.66. The average molecular weight is 485 g/mol. The van der Waals surface area contributed by atoms with Crippen LogP contribution in [0.1, 0.15) is 61.5 Å². The van der Waals surface area contributed by atoms with E-state index in [9.17, 15) is 27.6 Å².